The lowest BCUT2D eigenvalue weighted by atomic mass is 10.3. The van der Waals surface area contributed by atoms with Crippen LogP contribution in [0.1, 0.15) is 39.5 Å². The molecule has 0 aliphatic heterocycles. The Morgan fingerprint density at radius 2 is 1.20 bits per heavy atom. The molecule has 0 aromatic heterocycles. The topological polar surface area (TPSA) is 88.1 Å². The maximum absolute atomic E-state index is 11.2. The molecular weight excluding hydrogens is 287 g/mol. The molecule has 0 aromatic rings. The Balaban J connectivity index is 3.41. The van der Waals surface area contributed by atoms with Crippen LogP contribution >= 0.6 is 8.25 Å². The van der Waals surface area contributed by atoms with Gasteiger partial charge in [0.2, 0.25) is 0 Å². The van der Waals surface area contributed by atoms with Crippen molar-refractivity contribution in [3.8, 4) is 0 Å². The van der Waals surface area contributed by atoms with Gasteiger partial charge in [-0.25, -0.2) is 0 Å². The van der Waals surface area contributed by atoms with Crippen molar-refractivity contribution in [3.05, 3.63) is 0 Å². The number of esters is 2. The molecule has 0 heterocycles. The maximum Gasteiger partial charge on any atom is 0.319 e. The largest absolute Gasteiger partial charge is 0.463 e. The Kier molecular flexibility index (Phi) is 12.5. The van der Waals surface area contributed by atoms with Gasteiger partial charge in [-0.3, -0.25) is 14.2 Å². The molecular formula is C12H23O7P. The molecule has 0 fully saturated rings. The second-order valence-electron chi connectivity index (χ2n) is 3.89. The summed E-state index contributed by atoms with van der Waals surface area (Å²) in [5, 5.41) is 0. The molecule has 0 atom stereocenters. The molecule has 0 saturated carbocycles. The van der Waals surface area contributed by atoms with E-state index in [-0.39, 0.29) is 38.4 Å². The minimum atomic E-state index is -2.64. The van der Waals surface area contributed by atoms with Crippen molar-refractivity contribution in [2.45, 2.75) is 39.5 Å². The Hall–Kier alpha value is -0.910. The smallest absolute Gasteiger partial charge is 0.319 e. The fourth-order valence-corrected chi connectivity index (χ4v) is 1.74. The molecule has 0 unspecified atom stereocenters. The molecule has 0 N–H and O–H groups in total. The van der Waals surface area contributed by atoms with Crippen molar-refractivity contribution in [2.75, 3.05) is 26.4 Å². The standard InChI is InChI=1S/C12H23O7P/c1-3-5-11(13)16-7-9-18-20(15)19-10-8-17-12(14)6-4-2/h20H,3-10H2,1-2H3. The van der Waals surface area contributed by atoms with Gasteiger partial charge in [-0.1, -0.05) is 13.8 Å². The molecule has 0 spiro atoms. The van der Waals surface area contributed by atoms with Gasteiger partial charge in [-0.2, -0.15) is 0 Å². The van der Waals surface area contributed by atoms with E-state index in [1.54, 1.807) is 0 Å². The summed E-state index contributed by atoms with van der Waals surface area (Å²) in [4.78, 5) is 22.0. The second kappa shape index (κ2) is 13.1. The van der Waals surface area contributed by atoms with E-state index in [0.717, 1.165) is 12.8 Å². The van der Waals surface area contributed by atoms with Gasteiger partial charge in [0.1, 0.15) is 13.2 Å². The van der Waals surface area contributed by atoms with Crippen molar-refractivity contribution in [1.29, 1.82) is 0 Å². The molecule has 7 nitrogen and oxygen atoms in total. The van der Waals surface area contributed by atoms with E-state index in [1.807, 2.05) is 13.8 Å². The Bertz CT molecular complexity index is 278. The van der Waals surface area contributed by atoms with Crippen LogP contribution in [0.15, 0.2) is 0 Å². The van der Waals surface area contributed by atoms with Gasteiger partial charge in [0, 0.05) is 12.8 Å². The first-order chi connectivity index (χ1) is 9.60. The zero-order valence-electron chi connectivity index (χ0n) is 12.0. The lowest BCUT2D eigenvalue weighted by Crippen LogP contribution is -2.10. The van der Waals surface area contributed by atoms with Crippen LogP contribution in [0.4, 0.5) is 0 Å². The third kappa shape index (κ3) is 12.1. The Morgan fingerprint density at radius 3 is 1.55 bits per heavy atom. The summed E-state index contributed by atoms with van der Waals surface area (Å²) in [6, 6.07) is 0. The van der Waals surface area contributed by atoms with Crippen LogP contribution in [-0.4, -0.2) is 38.4 Å². The van der Waals surface area contributed by atoms with E-state index in [0.29, 0.717) is 12.8 Å². The van der Waals surface area contributed by atoms with E-state index >= 15 is 0 Å². The van der Waals surface area contributed by atoms with Gasteiger partial charge in [-0.05, 0) is 12.8 Å². The van der Waals surface area contributed by atoms with E-state index in [9.17, 15) is 14.2 Å². The molecule has 0 amide bonds. The molecule has 0 bridgehead atoms. The van der Waals surface area contributed by atoms with E-state index in [2.05, 4.69) is 0 Å². The van der Waals surface area contributed by atoms with Crippen molar-refractivity contribution < 1.29 is 32.7 Å². The van der Waals surface area contributed by atoms with Crippen molar-refractivity contribution in [3.63, 3.8) is 0 Å². The fraction of sp³-hybridized carbons (Fsp3) is 0.833. The Morgan fingerprint density at radius 1 is 0.800 bits per heavy atom. The van der Waals surface area contributed by atoms with Crippen LogP contribution in [-0.2, 0) is 32.7 Å². The van der Waals surface area contributed by atoms with Gasteiger partial charge in [0.15, 0.2) is 0 Å². The molecule has 118 valence electrons. The fourth-order valence-electron chi connectivity index (χ4n) is 1.16. The first-order valence-electron chi connectivity index (χ1n) is 6.70. The quantitative estimate of drug-likeness (QED) is 0.310. The van der Waals surface area contributed by atoms with Crippen LogP contribution < -0.4 is 0 Å². The zero-order chi connectivity index (χ0) is 15.2. The highest BCUT2D eigenvalue weighted by atomic mass is 31.1. The van der Waals surface area contributed by atoms with Crippen LogP contribution in [0.25, 0.3) is 0 Å². The number of rotatable bonds is 12. The summed E-state index contributed by atoms with van der Waals surface area (Å²) >= 11 is 0. The third-order valence-electron chi connectivity index (χ3n) is 2.04. The predicted octanol–water partition coefficient (Wildman–Crippen LogP) is 2.10. The third-order valence-corrected chi connectivity index (χ3v) is 2.92. The molecule has 8 heteroatoms. The number of ether oxygens (including phenoxy) is 2. The van der Waals surface area contributed by atoms with Crippen molar-refractivity contribution in [2.24, 2.45) is 0 Å². The van der Waals surface area contributed by atoms with E-state index < -0.39 is 8.25 Å². The van der Waals surface area contributed by atoms with Crippen LogP contribution in [0, 0.1) is 0 Å². The van der Waals surface area contributed by atoms with Gasteiger partial charge >= 0.3 is 20.2 Å². The minimum Gasteiger partial charge on any atom is -0.463 e. The van der Waals surface area contributed by atoms with E-state index in [1.165, 1.54) is 0 Å². The average Bonchev–Trinajstić information content (AvgIpc) is 2.40. The molecule has 0 aliphatic carbocycles. The van der Waals surface area contributed by atoms with Gasteiger partial charge in [-0.15, -0.1) is 0 Å². The van der Waals surface area contributed by atoms with Crippen molar-refractivity contribution in [1.82, 2.24) is 0 Å². The molecule has 20 heavy (non-hydrogen) atoms. The lowest BCUT2D eigenvalue weighted by molar-refractivity contribution is -0.144. The first-order valence-corrected chi connectivity index (χ1v) is 7.93. The van der Waals surface area contributed by atoms with Crippen molar-refractivity contribution >= 4 is 20.2 Å². The molecule has 0 rings (SSSR count). The summed E-state index contributed by atoms with van der Waals surface area (Å²) in [5.41, 5.74) is 0. The lowest BCUT2D eigenvalue weighted by Gasteiger charge is -2.07. The zero-order valence-corrected chi connectivity index (χ0v) is 13.0. The summed E-state index contributed by atoms with van der Waals surface area (Å²) < 4.78 is 30.5. The SMILES string of the molecule is CCCC(=O)OCCO[PH](=O)OCCOC(=O)CCC. The van der Waals surface area contributed by atoms with Gasteiger partial charge < -0.3 is 18.5 Å². The normalized spacial score (nSPS) is 10.6. The molecule has 0 aliphatic rings. The second-order valence-corrected chi connectivity index (χ2v) is 4.97. The summed E-state index contributed by atoms with van der Waals surface area (Å²) in [7, 11) is -2.64. The highest BCUT2D eigenvalue weighted by Crippen LogP contribution is 2.22. The van der Waals surface area contributed by atoms with Gasteiger partial charge in [0.25, 0.3) is 0 Å². The monoisotopic (exact) mass is 310 g/mol. The van der Waals surface area contributed by atoms with Crippen LogP contribution in [0.2, 0.25) is 0 Å². The van der Waals surface area contributed by atoms with Gasteiger partial charge in [0.05, 0.1) is 13.2 Å². The Labute approximate surface area is 119 Å². The highest BCUT2D eigenvalue weighted by molar-refractivity contribution is 7.33. The molecule has 0 aromatic carbocycles. The summed E-state index contributed by atoms with van der Waals surface area (Å²) in [6.07, 6.45) is 2.15. The molecule has 0 saturated heterocycles. The van der Waals surface area contributed by atoms with Crippen LogP contribution in [0.3, 0.4) is 0 Å². The number of hydrogen-bond acceptors (Lipinski definition) is 7. The highest BCUT2D eigenvalue weighted by Gasteiger charge is 2.04. The van der Waals surface area contributed by atoms with Crippen LogP contribution in [0.5, 0.6) is 0 Å². The number of carbonyl (C=O) groups excluding carboxylic acids is 2. The van der Waals surface area contributed by atoms with E-state index in [4.69, 9.17) is 18.5 Å². The average molecular weight is 310 g/mol. The maximum atomic E-state index is 11.2. The summed E-state index contributed by atoms with van der Waals surface area (Å²) in [6.45, 7) is 3.87. The minimum absolute atomic E-state index is 0.0167. The predicted molar refractivity (Wildman–Crippen MR) is 72.6 cm³/mol. The summed E-state index contributed by atoms with van der Waals surface area (Å²) in [5.74, 6) is -0.612. The first kappa shape index (κ1) is 19.1. The molecule has 0 radical (unpaired) electrons. The number of carbonyl (C=O) groups is 2. The number of hydrogen-bond donors (Lipinski definition) is 0.